The van der Waals surface area contributed by atoms with E-state index in [-0.39, 0.29) is 30.4 Å². The zero-order chi connectivity index (χ0) is 20.5. The van der Waals surface area contributed by atoms with Crippen LogP contribution in [-0.4, -0.2) is 36.5 Å². The Balaban J connectivity index is 1.86. The van der Waals surface area contributed by atoms with Gasteiger partial charge in [0.15, 0.2) is 6.61 Å². The van der Waals surface area contributed by atoms with Gasteiger partial charge in [-0.25, -0.2) is 4.79 Å². The molecular weight excluding hydrogens is 356 g/mol. The van der Waals surface area contributed by atoms with E-state index in [2.05, 4.69) is 10.6 Å². The van der Waals surface area contributed by atoms with Crippen LogP contribution >= 0.6 is 0 Å². The lowest BCUT2D eigenvalue weighted by Crippen LogP contribution is -2.46. The highest BCUT2D eigenvalue weighted by Crippen LogP contribution is 2.17. The van der Waals surface area contributed by atoms with Crippen molar-refractivity contribution in [2.75, 3.05) is 6.61 Å². The van der Waals surface area contributed by atoms with Gasteiger partial charge in [0.2, 0.25) is 0 Å². The van der Waals surface area contributed by atoms with Crippen LogP contribution < -0.4 is 10.6 Å². The maximum absolute atomic E-state index is 12.5. The average molecular weight is 389 g/mol. The van der Waals surface area contributed by atoms with Crippen LogP contribution in [-0.2, 0) is 14.3 Å². The van der Waals surface area contributed by atoms with Gasteiger partial charge in [0.25, 0.3) is 11.8 Å². The number of esters is 1. The third-order valence-electron chi connectivity index (χ3n) is 5.05. The van der Waals surface area contributed by atoms with Gasteiger partial charge in [-0.2, -0.15) is 0 Å². The molecule has 6 heteroatoms. The van der Waals surface area contributed by atoms with Crippen LogP contribution in [0.1, 0.15) is 68.3 Å². The van der Waals surface area contributed by atoms with Gasteiger partial charge in [-0.15, -0.1) is 0 Å². The molecule has 1 aliphatic rings. The number of nitrogens with one attached hydrogen (secondary N) is 2. The summed E-state index contributed by atoms with van der Waals surface area (Å²) in [5.74, 6) is -1.37. The first-order chi connectivity index (χ1) is 13.4. The molecule has 1 aromatic rings. The van der Waals surface area contributed by atoms with Crippen molar-refractivity contribution in [2.24, 2.45) is 5.92 Å². The van der Waals surface area contributed by atoms with Gasteiger partial charge in [-0.3, -0.25) is 9.59 Å². The van der Waals surface area contributed by atoms with Crippen molar-refractivity contribution in [1.29, 1.82) is 0 Å². The quantitative estimate of drug-likeness (QED) is 0.555. The van der Waals surface area contributed by atoms with Crippen molar-refractivity contribution in [2.45, 2.75) is 71.4 Å². The van der Waals surface area contributed by atoms with E-state index in [1.807, 2.05) is 26.8 Å². The van der Waals surface area contributed by atoms with Gasteiger partial charge in [0, 0.05) is 11.6 Å². The molecule has 154 valence electrons. The maximum Gasteiger partial charge on any atom is 0.329 e. The van der Waals surface area contributed by atoms with Gasteiger partial charge in [0.05, 0.1) is 0 Å². The largest absolute Gasteiger partial charge is 0.454 e. The summed E-state index contributed by atoms with van der Waals surface area (Å²) in [4.78, 5) is 37.0. The molecule has 0 aromatic heterocycles. The number of hydrogen-bond donors (Lipinski definition) is 2. The molecule has 0 unspecified atom stereocenters. The number of rotatable bonds is 7. The highest BCUT2D eigenvalue weighted by atomic mass is 16.5. The van der Waals surface area contributed by atoms with Crippen molar-refractivity contribution < 1.29 is 19.1 Å². The molecule has 1 atom stereocenters. The van der Waals surface area contributed by atoms with Crippen LogP contribution in [0.5, 0.6) is 0 Å². The van der Waals surface area contributed by atoms with Gasteiger partial charge in [-0.05, 0) is 37.8 Å². The normalized spacial score (nSPS) is 16.1. The van der Waals surface area contributed by atoms with Crippen molar-refractivity contribution in [3.63, 3.8) is 0 Å². The van der Waals surface area contributed by atoms with E-state index < -0.39 is 12.0 Å². The second-order valence-corrected chi connectivity index (χ2v) is 7.93. The molecule has 0 saturated heterocycles. The van der Waals surface area contributed by atoms with Gasteiger partial charge in [-0.1, -0.05) is 57.2 Å². The minimum atomic E-state index is -0.807. The van der Waals surface area contributed by atoms with Crippen LogP contribution in [0.25, 0.3) is 0 Å². The fraction of sp³-hybridized carbons (Fsp3) is 0.591. The highest BCUT2D eigenvalue weighted by molar-refractivity contribution is 5.97. The van der Waals surface area contributed by atoms with E-state index in [9.17, 15) is 14.4 Å². The molecular formula is C22H32N2O4. The second kappa shape index (κ2) is 10.8. The minimum absolute atomic E-state index is 0.161. The molecule has 0 heterocycles. The summed E-state index contributed by atoms with van der Waals surface area (Å²) in [6.45, 7) is 5.23. The summed E-state index contributed by atoms with van der Waals surface area (Å²) in [5, 5.41) is 5.68. The number of aryl methyl sites for hydroxylation is 1. The third kappa shape index (κ3) is 6.98. The Kier molecular flexibility index (Phi) is 8.48. The fourth-order valence-electron chi connectivity index (χ4n) is 3.43. The first kappa shape index (κ1) is 21.9. The SMILES string of the molecule is Cc1cccc(C(=O)N[C@H](C(=O)OCC(=O)NC2CCCCCC2)C(C)C)c1. The molecule has 1 aromatic carbocycles. The molecule has 6 nitrogen and oxygen atoms in total. The summed E-state index contributed by atoms with van der Waals surface area (Å²) >= 11 is 0. The van der Waals surface area contributed by atoms with E-state index in [4.69, 9.17) is 4.74 Å². The summed E-state index contributed by atoms with van der Waals surface area (Å²) in [7, 11) is 0. The lowest BCUT2D eigenvalue weighted by atomic mass is 10.0. The van der Waals surface area contributed by atoms with Crippen molar-refractivity contribution >= 4 is 17.8 Å². The molecule has 2 amide bonds. The Labute approximate surface area is 167 Å². The molecule has 0 spiro atoms. The van der Waals surface area contributed by atoms with Crippen molar-refractivity contribution in [3.05, 3.63) is 35.4 Å². The Morgan fingerprint density at radius 3 is 2.39 bits per heavy atom. The monoisotopic (exact) mass is 388 g/mol. The smallest absolute Gasteiger partial charge is 0.329 e. The molecule has 1 aliphatic carbocycles. The van der Waals surface area contributed by atoms with Crippen LogP contribution in [0.3, 0.4) is 0 Å². The molecule has 2 N–H and O–H groups in total. The topological polar surface area (TPSA) is 84.5 Å². The number of ether oxygens (including phenoxy) is 1. The Morgan fingerprint density at radius 2 is 1.79 bits per heavy atom. The molecule has 1 saturated carbocycles. The highest BCUT2D eigenvalue weighted by Gasteiger charge is 2.27. The number of carbonyl (C=O) groups excluding carboxylic acids is 3. The number of hydrogen-bond acceptors (Lipinski definition) is 4. The van der Waals surface area contributed by atoms with Crippen molar-refractivity contribution in [3.8, 4) is 0 Å². The zero-order valence-electron chi connectivity index (χ0n) is 17.1. The van der Waals surface area contributed by atoms with E-state index in [1.54, 1.807) is 18.2 Å². The van der Waals surface area contributed by atoms with E-state index in [1.165, 1.54) is 12.8 Å². The molecule has 1 fully saturated rings. The first-order valence-electron chi connectivity index (χ1n) is 10.2. The van der Waals surface area contributed by atoms with E-state index in [0.29, 0.717) is 5.56 Å². The third-order valence-corrected chi connectivity index (χ3v) is 5.05. The predicted molar refractivity (Wildman–Crippen MR) is 108 cm³/mol. The fourth-order valence-corrected chi connectivity index (χ4v) is 3.43. The average Bonchev–Trinajstić information content (AvgIpc) is 2.92. The van der Waals surface area contributed by atoms with Crippen molar-refractivity contribution in [1.82, 2.24) is 10.6 Å². The maximum atomic E-state index is 12.5. The van der Waals surface area contributed by atoms with Gasteiger partial charge in [0.1, 0.15) is 6.04 Å². The van der Waals surface area contributed by atoms with Gasteiger partial charge < -0.3 is 15.4 Å². The standard InChI is InChI=1S/C22H32N2O4/c1-15(2)20(24-21(26)17-10-8-9-16(3)13-17)22(27)28-14-19(25)23-18-11-6-4-5-7-12-18/h8-10,13,15,18,20H,4-7,11-12,14H2,1-3H3,(H,23,25)(H,24,26)/t20-/m0/s1. The number of benzene rings is 1. The second-order valence-electron chi connectivity index (χ2n) is 7.93. The predicted octanol–water partition coefficient (Wildman–Crippen LogP) is 3.13. The summed E-state index contributed by atoms with van der Waals surface area (Å²) in [6.07, 6.45) is 6.59. The van der Waals surface area contributed by atoms with Crippen LogP contribution in [0.15, 0.2) is 24.3 Å². The molecule has 0 radical (unpaired) electrons. The summed E-state index contributed by atoms with van der Waals surface area (Å²) < 4.78 is 5.19. The van der Waals surface area contributed by atoms with Crippen LogP contribution in [0.4, 0.5) is 0 Å². The molecule has 28 heavy (non-hydrogen) atoms. The summed E-state index contributed by atoms with van der Waals surface area (Å²) in [5.41, 5.74) is 1.45. The Hall–Kier alpha value is -2.37. The minimum Gasteiger partial charge on any atom is -0.454 e. The lowest BCUT2D eigenvalue weighted by Gasteiger charge is -2.21. The van der Waals surface area contributed by atoms with Gasteiger partial charge >= 0.3 is 5.97 Å². The zero-order valence-corrected chi connectivity index (χ0v) is 17.1. The van der Waals surface area contributed by atoms with Crippen LogP contribution in [0.2, 0.25) is 0 Å². The first-order valence-corrected chi connectivity index (χ1v) is 10.2. The number of amides is 2. The molecule has 2 rings (SSSR count). The van der Waals surface area contributed by atoms with E-state index >= 15 is 0 Å². The molecule has 0 bridgehead atoms. The Morgan fingerprint density at radius 1 is 1.11 bits per heavy atom. The molecule has 0 aliphatic heterocycles. The summed E-state index contributed by atoms with van der Waals surface area (Å²) in [6, 6.07) is 6.51. The lowest BCUT2D eigenvalue weighted by molar-refractivity contribution is -0.151. The van der Waals surface area contributed by atoms with Crippen LogP contribution in [0, 0.1) is 12.8 Å². The Bertz CT molecular complexity index is 679. The number of carbonyl (C=O) groups is 3. The van der Waals surface area contributed by atoms with E-state index in [0.717, 1.165) is 31.2 Å².